The van der Waals surface area contributed by atoms with E-state index in [4.69, 9.17) is 4.74 Å². The molecule has 0 radical (unpaired) electrons. The fraction of sp³-hybridized carbons (Fsp3) is 0.800. The summed E-state index contributed by atoms with van der Waals surface area (Å²) in [6, 6.07) is -2.06. The molecule has 0 unspecified atom stereocenters. The molecule has 8 nitrogen and oxygen atoms in total. The molecule has 23 heavy (non-hydrogen) atoms. The molecule has 8 heteroatoms. The summed E-state index contributed by atoms with van der Waals surface area (Å²) in [4.78, 5) is 35.5. The molecule has 0 rings (SSSR count). The van der Waals surface area contributed by atoms with Crippen LogP contribution in [0.3, 0.4) is 0 Å². The number of ether oxygens (including phenoxy) is 2. The van der Waals surface area contributed by atoms with Gasteiger partial charge in [0.25, 0.3) is 0 Å². The van der Waals surface area contributed by atoms with Crippen LogP contribution in [0, 0.1) is 5.92 Å². The Morgan fingerprint density at radius 3 is 2.04 bits per heavy atom. The average molecular weight is 332 g/mol. The Bertz CT molecular complexity index is 417. The normalized spacial score (nSPS) is 13.9. The number of alkyl carbamates (subject to hydrolysis) is 1. The van der Waals surface area contributed by atoms with Crippen LogP contribution in [0.4, 0.5) is 4.79 Å². The van der Waals surface area contributed by atoms with E-state index in [9.17, 15) is 19.5 Å². The van der Waals surface area contributed by atoms with Crippen molar-refractivity contribution in [2.45, 2.75) is 58.7 Å². The Morgan fingerprint density at radius 2 is 1.65 bits per heavy atom. The van der Waals surface area contributed by atoms with Crippen LogP contribution in [0.5, 0.6) is 0 Å². The zero-order valence-corrected chi connectivity index (χ0v) is 14.6. The van der Waals surface area contributed by atoms with Gasteiger partial charge in [0.15, 0.2) is 0 Å². The van der Waals surface area contributed by atoms with E-state index >= 15 is 0 Å². The number of hydrogen-bond donors (Lipinski definition) is 3. The number of esters is 1. The van der Waals surface area contributed by atoms with Crippen LogP contribution in [-0.2, 0) is 19.1 Å². The summed E-state index contributed by atoms with van der Waals surface area (Å²) in [6.07, 6.45) is -0.451. The lowest BCUT2D eigenvalue weighted by Crippen LogP contribution is -2.54. The number of rotatable bonds is 7. The summed E-state index contributed by atoms with van der Waals surface area (Å²) in [6.45, 7) is 8.19. The van der Waals surface area contributed by atoms with E-state index in [0.29, 0.717) is 6.42 Å². The molecule has 0 saturated heterocycles. The number of carbonyl (C=O) groups is 3. The highest BCUT2D eigenvalue weighted by molar-refractivity contribution is 5.89. The lowest BCUT2D eigenvalue weighted by Gasteiger charge is -2.24. The number of hydrogen-bond acceptors (Lipinski definition) is 6. The van der Waals surface area contributed by atoms with Crippen LogP contribution in [0.15, 0.2) is 0 Å². The molecule has 0 saturated carbocycles. The van der Waals surface area contributed by atoms with E-state index < -0.39 is 42.3 Å². The minimum atomic E-state index is -1.22. The molecule has 0 aliphatic heterocycles. The minimum Gasteiger partial charge on any atom is -0.467 e. The lowest BCUT2D eigenvalue weighted by molar-refractivity contribution is -0.145. The van der Waals surface area contributed by atoms with E-state index in [2.05, 4.69) is 15.4 Å². The summed E-state index contributed by atoms with van der Waals surface area (Å²) in [5, 5.41) is 14.0. The molecule has 0 aromatic carbocycles. The number of carbonyl (C=O) groups excluding carboxylic acids is 3. The van der Waals surface area contributed by atoms with Gasteiger partial charge in [-0.1, -0.05) is 13.8 Å². The van der Waals surface area contributed by atoms with Gasteiger partial charge >= 0.3 is 12.1 Å². The zero-order chi connectivity index (χ0) is 18.2. The van der Waals surface area contributed by atoms with Crippen molar-refractivity contribution in [3.63, 3.8) is 0 Å². The van der Waals surface area contributed by atoms with Gasteiger partial charge in [0.05, 0.1) is 13.7 Å². The van der Waals surface area contributed by atoms with E-state index in [0.717, 1.165) is 0 Å². The van der Waals surface area contributed by atoms with Crippen molar-refractivity contribution in [2.24, 2.45) is 5.92 Å². The second kappa shape index (κ2) is 9.34. The minimum absolute atomic E-state index is 0.144. The number of nitrogens with one attached hydrogen (secondary N) is 2. The molecule has 0 aromatic heterocycles. The summed E-state index contributed by atoms with van der Waals surface area (Å²) in [5.74, 6) is -1.12. The molecule has 0 bridgehead atoms. The highest BCUT2D eigenvalue weighted by atomic mass is 16.6. The first-order chi connectivity index (χ1) is 10.5. The Morgan fingerprint density at radius 1 is 1.09 bits per heavy atom. The number of aliphatic hydroxyl groups excluding tert-OH is 1. The van der Waals surface area contributed by atoms with Crippen LogP contribution in [-0.4, -0.2) is 54.5 Å². The lowest BCUT2D eigenvalue weighted by atomic mass is 10.0. The Balaban J connectivity index is 4.79. The van der Waals surface area contributed by atoms with E-state index in [1.807, 2.05) is 13.8 Å². The number of aliphatic hydroxyl groups is 1. The molecule has 2 amide bonds. The van der Waals surface area contributed by atoms with E-state index in [1.165, 1.54) is 7.11 Å². The second-order valence-electron chi connectivity index (χ2n) is 6.60. The molecule has 0 spiro atoms. The predicted molar refractivity (Wildman–Crippen MR) is 83.6 cm³/mol. The Kier molecular flexibility index (Phi) is 8.60. The van der Waals surface area contributed by atoms with Crippen molar-refractivity contribution in [1.29, 1.82) is 0 Å². The highest BCUT2D eigenvalue weighted by Gasteiger charge is 2.28. The van der Waals surface area contributed by atoms with Crippen molar-refractivity contribution in [1.82, 2.24) is 10.6 Å². The molecule has 0 aliphatic rings. The van der Waals surface area contributed by atoms with Crippen LogP contribution in [0.25, 0.3) is 0 Å². The third kappa shape index (κ3) is 9.02. The molecule has 134 valence electrons. The third-order valence-corrected chi connectivity index (χ3v) is 2.70. The van der Waals surface area contributed by atoms with Crippen LogP contribution in [0.1, 0.15) is 41.0 Å². The molecule has 0 aromatic rings. The van der Waals surface area contributed by atoms with Crippen molar-refractivity contribution >= 4 is 18.0 Å². The highest BCUT2D eigenvalue weighted by Crippen LogP contribution is 2.08. The first-order valence-electron chi connectivity index (χ1n) is 7.48. The van der Waals surface area contributed by atoms with Gasteiger partial charge in [-0.15, -0.1) is 0 Å². The predicted octanol–water partition coefficient (Wildman–Crippen LogP) is 0.576. The largest absolute Gasteiger partial charge is 0.467 e. The van der Waals surface area contributed by atoms with Gasteiger partial charge in [-0.2, -0.15) is 0 Å². The quantitative estimate of drug-likeness (QED) is 0.588. The maximum absolute atomic E-state index is 12.1. The van der Waals surface area contributed by atoms with Gasteiger partial charge in [0.1, 0.15) is 17.7 Å². The SMILES string of the molecule is COC(=O)[C@H](CC(C)C)NC(=O)[C@H](CO)NC(=O)OC(C)(C)C. The van der Waals surface area contributed by atoms with Gasteiger partial charge in [-0.3, -0.25) is 4.79 Å². The van der Waals surface area contributed by atoms with E-state index in [1.54, 1.807) is 20.8 Å². The van der Waals surface area contributed by atoms with Gasteiger partial charge in [-0.05, 0) is 33.1 Å². The van der Waals surface area contributed by atoms with Crippen LogP contribution in [0.2, 0.25) is 0 Å². The summed E-state index contributed by atoms with van der Waals surface area (Å²) in [5.41, 5.74) is -0.729. The standard InChI is InChI=1S/C15H28N2O6/c1-9(2)7-10(13(20)22-6)16-12(19)11(8-18)17-14(21)23-15(3,4)5/h9-11,18H,7-8H2,1-6H3,(H,16,19)(H,17,21)/t10-,11-/m0/s1. The molecule has 0 aliphatic carbocycles. The molecule has 3 N–H and O–H groups in total. The third-order valence-electron chi connectivity index (χ3n) is 2.70. The fourth-order valence-corrected chi connectivity index (χ4v) is 1.74. The van der Waals surface area contributed by atoms with Crippen molar-refractivity contribution in [2.75, 3.05) is 13.7 Å². The maximum atomic E-state index is 12.1. The van der Waals surface area contributed by atoms with Gasteiger partial charge in [0.2, 0.25) is 5.91 Å². The van der Waals surface area contributed by atoms with Crippen molar-refractivity contribution in [3.05, 3.63) is 0 Å². The molecular weight excluding hydrogens is 304 g/mol. The summed E-state index contributed by atoms with van der Waals surface area (Å²) in [7, 11) is 1.23. The first kappa shape index (κ1) is 21.2. The number of amides is 2. The first-order valence-corrected chi connectivity index (χ1v) is 7.48. The van der Waals surface area contributed by atoms with Crippen LogP contribution < -0.4 is 10.6 Å². The Hall–Kier alpha value is -1.83. The van der Waals surface area contributed by atoms with E-state index in [-0.39, 0.29) is 5.92 Å². The molecular formula is C15H28N2O6. The average Bonchev–Trinajstić information content (AvgIpc) is 2.40. The number of methoxy groups -OCH3 is 1. The van der Waals surface area contributed by atoms with Crippen LogP contribution >= 0.6 is 0 Å². The topological polar surface area (TPSA) is 114 Å². The monoisotopic (exact) mass is 332 g/mol. The van der Waals surface area contributed by atoms with Crippen molar-refractivity contribution in [3.8, 4) is 0 Å². The molecule has 2 atom stereocenters. The fourth-order valence-electron chi connectivity index (χ4n) is 1.74. The second-order valence-corrected chi connectivity index (χ2v) is 6.60. The van der Waals surface area contributed by atoms with Crippen molar-refractivity contribution < 1.29 is 29.0 Å². The Labute approximate surface area is 136 Å². The van der Waals surface area contributed by atoms with Gasteiger partial charge in [-0.25, -0.2) is 9.59 Å². The summed E-state index contributed by atoms with van der Waals surface area (Å²) >= 11 is 0. The molecule has 0 heterocycles. The van der Waals surface area contributed by atoms with Gasteiger partial charge < -0.3 is 25.2 Å². The smallest absolute Gasteiger partial charge is 0.408 e. The summed E-state index contributed by atoms with van der Waals surface area (Å²) < 4.78 is 9.67. The maximum Gasteiger partial charge on any atom is 0.408 e. The molecule has 0 fully saturated rings. The zero-order valence-electron chi connectivity index (χ0n) is 14.6. The van der Waals surface area contributed by atoms with Gasteiger partial charge in [0, 0.05) is 0 Å².